The van der Waals surface area contributed by atoms with Crippen LogP contribution in [-0.4, -0.2) is 37.2 Å². The molecule has 0 spiro atoms. The summed E-state index contributed by atoms with van der Waals surface area (Å²) in [5, 5.41) is 13.2. The Morgan fingerprint density at radius 3 is 2.60 bits per heavy atom. The summed E-state index contributed by atoms with van der Waals surface area (Å²) in [5.74, 6) is -1.66. The lowest BCUT2D eigenvalue weighted by Crippen LogP contribution is -2.32. The van der Waals surface area contributed by atoms with E-state index in [1.807, 2.05) is 0 Å². The zero-order valence-electron chi connectivity index (χ0n) is 10.1. The molecule has 108 valence electrons. The lowest BCUT2D eigenvalue weighted by Gasteiger charge is -2.18. The Morgan fingerprint density at radius 1 is 1.45 bits per heavy atom. The Hall–Kier alpha value is -1.45. The third-order valence-corrected chi connectivity index (χ3v) is 4.77. The predicted octanol–water partition coefficient (Wildman–Crippen LogP) is 0.541. The average molecular weight is 363 g/mol. The molecule has 1 amide bonds. The highest BCUT2D eigenvalue weighted by Gasteiger charge is 2.38. The predicted molar refractivity (Wildman–Crippen MR) is 75.0 cm³/mol. The van der Waals surface area contributed by atoms with Crippen molar-refractivity contribution in [1.82, 2.24) is 0 Å². The molecule has 1 atom stereocenters. The number of halogens is 1. The summed E-state index contributed by atoms with van der Waals surface area (Å²) in [7, 11) is -3.84. The van der Waals surface area contributed by atoms with Gasteiger partial charge in [0.1, 0.15) is 5.25 Å². The van der Waals surface area contributed by atoms with Crippen LogP contribution in [0.2, 0.25) is 0 Å². The van der Waals surface area contributed by atoms with Crippen LogP contribution in [0.1, 0.15) is 16.8 Å². The normalized spacial score (nSPS) is 19.4. The molecule has 1 saturated heterocycles. The van der Waals surface area contributed by atoms with Crippen LogP contribution >= 0.6 is 15.9 Å². The molecule has 0 radical (unpaired) electrons. The quantitative estimate of drug-likeness (QED) is 0.813. The van der Waals surface area contributed by atoms with Crippen LogP contribution in [0.25, 0.3) is 0 Å². The third-order valence-electron chi connectivity index (χ3n) is 3.03. The van der Waals surface area contributed by atoms with Gasteiger partial charge in [0.15, 0.2) is 0 Å². The topological polar surface area (TPSA) is 118 Å². The van der Waals surface area contributed by atoms with Gasteiger partial charge >= 0.3 is 5.97 Å². The van der Waals surface area contributed by atoms with Crippen LogP contribution < -0.4 is 10.0 Å². The first-order valence-corrected chi connectivity index (χ1v) is 7.95. The van der Waals surface area contributed by atoms with E-state index in [1.54, 1.807) is 6.07 Å². The Kier molecular flexibility index (Phi) is 3.85. The highest BCUT2D eigenvalue weighted by Crippen LogP contribution is 2.29. The van der Waals surface area contributed by atoms with E-state index in [9.17, 15) is 18.0 Å². The maximum atomic E-state index is 11.9. The number of hydrogen-bond donors (Lipinski definition) is 2. The van der Waals surface area contributed by atoms with Crippen LogP contribution in [0.3, 0.4) is 0 Å². The van der Waals surface area contributed by atoms with E-state index in [0.717, 1.165) is 4.90 Å². The van der Waals surface area contributed by atoms with Crippen LogP contribution in [0, 0.1) is 0 Å². The first-order valence-electron chi connectivity index (χ1n) is 5.55. The van der Waals surface area contributed by atoms with Crippen molar-refractivity contribution < 1.29 is 23.1 Å². The number of aromatic carboxylic acids is 1. The SMILES string of the molecule is NS(=O)(=O)C1CC(=O)N(c2ccc(Br)cc2C(=O)O)C1. The first kappa shape index (κ1) is 14.9. The summed E-state index contributed by atoms with van der Waals surface area (Å²) >= 11 is 3.15. The van der Waals surface area contributed by atoms with Crippen molar-refractivity contribution in [2.75, 3.05) is 11.4 Å². The molecule has 1 aromatic carbocycles. The molecule has 1 unspecified atom stereocenters. The Balaban J connectivity index is 2.43. The van der Waals surface area contributed by atoms with E-state index in [-0.39, 0.29) is 24.2 Å². The van der Waals surface area contributed by atoms with Gasteiger partial charge in [0, 0.05) is 17.4 Å². The third kappa shape index (κ3) is 2.84. The molecule has 0 saturated carbocycles. The molecular weight excluding hydrogens is 352 g/mol. The van der Waals surface area contributed by atoms with Gasteiger partial charge in [-0.05, 0) is 18.2 Å². The maximum Gasteiger partial charge on any atom is 0.337 e. The molecule has 1 aromatic rings. The Labute approximate surface area is 123 Å². The van der Waals surface area contributed by atoms with Gasteiger partial charge in [-0.1, -0.05) is 15.9 Å². The largest absolute Gasteiger partial charge is 0.478 e. The number of carboxylic acid groups (broad SMARTS) is 1. The second kappa shape index (κ2) is 5.15. The van der Waals surface area contributed by atoms with Gasteiger partial charge < -0.3 is 10.0 Å². The first-order chi connectivity index (χ1) is 9.20. The molecule has 3 N–H and O–H groups in total. The number of nitrogens with two attached hydrogens (primary N) is 1. The number of carbonyl (C=O) groups excluding carboxylic acids is 1. The number of carboxylic acids is 1. The smallest absolute Gasteiger partial charge is 0.337 e. The molecule has 20 heavy (non-hydrogen) atoms. The van der Waals surface area contributed by atoms with Gasteiger partial charge in [0.05, 0.1) is 11.3 Å². The zero-order valence-corrected chi connectivity index (χ0v) is 12.5. The van der Waals surface area contributed by atoms with Crippen LogP contribution in [0.5, 0.6) is 0 Å². The molecular formula is C11H11BrN2O5S. The lowest BCUT2D eigenvalue weighted by atomic mass is 10.1. The summed E-state index contributed by atoms with van der Waals surface area (Å²) < 4.78 is 23.2. The number of carbonyl (C=O) groups is 2. The summed E-state index contributed by atoms with van der Waals surface area (Å²) in [6.07, 6.45) is -0.242. The molecule has 0 bridgehead atoms. The summed E-state index contributed by atoms with van der Waals surface area (Å²) in [4.78, 5) is 24.3. The highest BCUT2D eigenvalue weighted by atomic mass is 79.9. The fourth-order valence-electron chi connectivity index (χ4n) is 2.04. The molecule has 2 rings (SSSR count). The zero-order chi connectivity index (χ0) is 15.1. The molecule has 1 aliphatic heterocycles. The number of rotatable bonds is 3. The van der Waals surface area contributed by atoms with E-state index < -0.39 is 27.1 Å². The molecule has 0 aliphatic carbocycles. The fourth-order valence-corrected chi connectivity index (χ4v) is 3.14. The van der Waals surface area contributed by atoms with Crippen molar-refractivity contribution in [2.45, 2.75) is 11.7 Å². The lowest BCUT2D eigenvalue weighted by molar-refractivity contribution is -0.117. The maximum absolute atomic E-state index is 11.9. The molecule has 1 aliphatic rings. The second-order valence-corrected chi connectivity index (χ2v) is 7.15. The average Bonchev–Trinajstić information content (AvgIpc) is 2.71. The molecule has 1 heterocycles. The van der Waals surface area contributed by atoms with E-state index in [1.165, 1.54) is 12.1 Å². The van der Waals surface area contributed by atoms with Gasteiger partial charge in [0.25, 0.3) is 0 Å². The minimum atomic E-state index is -3.84. The number of benzene rings is 1. The molecule has 7 nitrogen and oxygen atoms in total. The minimum Gasteiger partial charge on any atom is -0.478 e. The number of nitrogens with zero attached hydrogens (tertiary/aromatic N) is 1. The monoisotopic (exact) mass is 362 g/mol. The van der Waals surface area contributed by atoms with Crippen molar-refractivity contribution >= 4 is 43.5 Å². The van der Waals surface area contributed by atoms with Crippen molar-refractivity contribution in [1.29, 1.82) is 0 Å². The number of hydrogen-bond acceptors (Lipinski definition) is 4. The highest BCUT2D eigenvalue weighted by molar-refractivity contribution is 9.10. The summed E-state index contributed by atoms with van der Waals surface area (Å²) in [5.41, 5.74) is 0.0830. The van der Waals surface area contributed by atoms with Crippen LogP contribution in [0.15, 0.2) is 22.7 Å². The van der Waals surface area contributed by atoms with Crippen molar-refractivity contribution in [3.8, 4) is 0 Å². The number of amides is 1. The standard InChI is InChI=1S/C11H11BrN2O5S/c12-6-1-2-9(8(3-6)11(16)17)14-5-7(4-10(14)15)20(13,18)19/h1-3,7H,4-5H2,(H,16,17)(H2,13,18,19). The number of primary sulfonamides is 1. The van der Waals surface area contributed by atoms with Gasteiger partial charge in [-0.3, -0.25) is 4.79 Å². The van der Waals surface area contributed by atoms with Gasteiger partial charge in [-0.15, -0.1) is 0 Å². The van der Waals surface area contributed by atoms with Gasteiger partial charge in [-0.25, -0.2) is 18.4 Å². The summed E-state index contributed by atoms with van der Waals surface area (Å²) in [6.45, 7) is -0.139. The van der Waals surface area contributed by atoms with Crippen LogP contribution in [-0.2, 0) is 14.8 Å². The summed E-state index contributed by atoms with van der Waals surface area (Å²) in [6, 6.07) is 4.39. The van der Waals surface area contributed by atoms with E-state index >= 15 is 0 Å². The molecule has 0 aromatic heterocycles. The molecule has 1 fully saturated rings. The van der Waals surface area contributed by atoms with Gasteiger partial charge in [0.2, 0.25) is 15.9 Å². The van der Waals surface area contributed by atoms with Crippen molar-refractivity contribution in [2.24, 2.45) is 5.14 Å². The Bertz CT molecular complexity index is 688. The Morgan fingerprint density at radius 2 is 2.10 bits per heavy atom. The van der Waals surface area contributed by atoms with E-state index in [0.29, 0.717) is 4.47 Å². The van der Waals surface area contributed by atoms with Crippen LogP contribution in [0.4, 0.5) is 5.69 Å². The van der Waals surface area contributed by atoms with Gasteiger partial charge in [-0.2, -0.15) is 0 Å². The number of anilines is 1. The van der Waals surface area contributed by atoms with E-state index in [4.69, 9.17) is 10.2 Å². The fraction of sp³-hybridized carbons (Fsp3) is 0.273. The van der Waals surface area contributed by atoms with E-state index in [2.05, 4.69) is 15.9 Å². The number of sulfonamides is 1. The van der Waals surface area contributed by atoms with Crippen molar-refractivity contribution in [3.05, 3.63) is 28.2 Å². The minimum absolute atomic E-state index is 0.0807. The molecule has 9 heteroatoms. The second-order valence-electron chi connectivity index (χ2n) is 4.39. The van der Waals surface area contributed by atoms with Crippen molar-refractivity contribution in [3.63, 3.8) is 0 Å².